The average molecular weight is 847 g/mol. The number of carbonyl (C=O) groups is 4. The first kappa shape index (κ1) is 40.1. The molecule has 0 saturated heterocycles. The first-order chi connectivity index (χ1) is 31.3. The van der Waals surface area contributed by atoms with Gasteiger partial charge in [0.15, 0.2) is 6.17 Å². The number of nitrogens with zero attached hydrogens (tertiary/aromatic N) is 5. The van der Waals surface area contributed by atoms with Gasteiger partial charge in [-0.3, -0.25) is 34.5 Å². The lowest BCUT2D eigenvalue weighted by molar-refractivity contribution is -0.121. The number of fused-ring (bicyclic) bond motifs is 1. The van der Waals surface area contributed by atoms with Crippen LogP contribution >= 0.6 is 0 Å². The fourth-order valence-electron chi connectivity index (χ4n) is 8.93. The normalized spacial score (nSPS) is 18.1. The number of anilines is 2. The van der Waals surface area contributed by atoms with Crippen LogP contribution < -0.4 is 30.5 Å². The first-order valence-electron chi connectivity index (χ1n) is 21.1. The zero-order valence-electron chi connectivity index (χ0n) is 34.8. The van der Waals surface area contributed by atoms with E-state index in [-0.39, 0.29) is 29.5 Å². The van der Waals surface area contributed by atoms with Crippen molar-refractivity contribution in [2.45, 2.75) is 31.2 Å². The second-order valence-electron chi connectivity index (χ2n) is 15.8. The van der Waals surface area contributed by atoms with E-state index in [1.807, 2.05) is 103 Å². The molecule has 0 radical (unpaired) electrons. The number of aliphatic imine (C=N–C) groups is 1. The Bertz CT molecular complexity index is 2980. The van der Waals surface area contributed by atoms with Crippen LogP contribution in [0.5, 0.6) is 5.75 Å². The molecule has 6 heterocycles. The number of benzene rings is 5. The van der Waals surface area contributed by atoms with Crippen LogP contribution in [0.3, 0.4) is 0 Å². The van der Waals surface area contributed by atoms with Gasteiger partial charge >= 0.3 is 0 Å². The number of amides is 4. The second kappa shape index (κ2) is 17.0. The van der Waals surface area contributed by atoms with Crippen molar-refractivity contribution in [3.63, 3.8) is 0 Å². The zero-order chi connectivity index (χ0) is 43.7. The number of hydrogen-bond donors (Lipinski definition) is 3. The van der Waals surface area contributed by atoms with E-state index < -0.39 is 18.2 Å². The van der Waals surface area contributed by atoms with Crippen molar-refractivity contribution in [1.82, 2.24) is 25.9 Å². The number of hydrogen-bond acceptors (Lipinski definition) is 9. The SMILES string of the molecule is COc1cc2c3c(c1)C(c1ccccc1)=N[C@@H](NC(=O)c1cc4ccccc4cn1)C(=O)N3CC2.O=C(NC1NC(c2ccccc2)c2cccc3c2N(CC3)C1=O)c1ccncc1. The molecule has 7 aromatic rings. The Morgan fingerprint density at radius 3 is 2.17 bits per heavy atom. The Hall–Kier alpha value is -8.03. The molecule has 5 aromatic carbocycles. The molecule has 2 aromatic heterocycles. The van der Waals surface area contributed by atoms with E-state index in [0.29, 0.717) is 36.5 Å². The van der Waals surface area contributed by atoms with Crippen molar-refractivity contribution in [2.24, 2.45) is 4.99 Å². The molecule has 3 N–H and O–H groups in total. The van der Waals surface area contributed by atoms with Crippen molar-refractivity contribution in [3.8, 4) is 5.75 Å². The van der Waals surface area contributed by atoms with Crippen molar-refractivity contribution < 1.29 is 23.9 Å². The maximum atomic E-state index is 13.6. The van der Waals surface area contributed by atoms with Gasteiger partial charge in [0.25, 0.3) is 23.6 Å². The van der Waals surface area contributed by atoms with Crippen molar-refractivity contribution >= 4 is 51.5 Å². The van der Waals surface area contributed by atoms with Gasteiger partial charge < -0.3 is 25.2 Å². The lowest BCUT2D eigenvalue weighted by Crippen LogP contribution is -2.55. The molecule has 4 aliphatic rings. The smallest absolute Gasteiger partial charge is 0.272 e. The number of methoxy groups -OCH3 is 1. The topological polar surface area (TPSA) is 158 Å². The second-order valence-corrected chi connectivity index (χ2v) is 15.8. The van der Waals surface area contributed by atoms with Crippen LogP contribution in [0, 0.1) is 0 Å². The Morgan fingerprint density at radius 1 is 0.703 bits per heavy atom. The van der Waals surface area contributed by atoms with E-state index >= 15 is 0 Å². The highest BCUT2D eigenvalue weighted by atomic mass is 16.5. The number of pyridine rings is 2. The molecular weight excluding hydrogens is 805 g/mol. The zero-order valence-corrected chi connectivity index (χ0v) is 34.8. The highest BCUT2D eigenvalue weighted by molar-refractivity contribution is 6.21. The maximum Gasteiger partial charge on any atom is 0.272 e. The predicted molar refractivity (Wildman–Crippen MR) is 244 cm³/mol. The van der Waals surface area contributed by atoms with E-state index in [1.165, 1.54) is 5.56 Å². The van der Waals surface area contributed by atoms with Crippen LogP contribution in [0.2, 0.25) is 0 Å². The Kier molecular flexibility index (Phi) is 10.7. The number of aromatic nitrogens is 2. The van der Waals surface area contributed by atoms with Crippen LogP contribution in [0.1, 0.15) is 60.3 Å². The van der Waals surface area contributed by atoms with Gasteiger partial charge in [0.2, 0.25) is 6.17 Å². The van der Waals surface area contributed by atoms with E-state index in [2.05, 4.69) is 38.1 Å². The Morgan fingerprint density at radius 2 is 1.41 bits per heavy atom. The minimum Gasteiger partial charge on any atom is -0.497 e. The van der Waals surface area contributed by atoms with Gasteiger partial charge in [-0.1, -0.05) is 103 Å². The van der Waals surface area contributed by atoms with Gasteiger partial charge in [0.05, 0.1) is 30.2 Å². The molecule has 316 valence electrons. The summed E-state index contributed by atoms with van der Waals surface area (Å²) >= 11 is 0. The molecule has 2 unspecified atom stereocenters. The number of ether oxygens (including phenoxy) is 1. The molecule has 11 rings (SSSR count). The minimum atomic E-state index is -1.09. The summed E-state index contributed by atoms with van der Waals surface area (Å²) in [6.07, 6.45) is 4.39. The third-order valence-corrected chi connectivity index (χ3v) is 12.0. The molecule has 0 aliphatic carbocycles. The fraction of sp³-hybridized carbons (Fsp3) is 0.157. The lowest BCUT2D eigenvalue weighted by atomic mass is 9.95. The van der Waals surface area contributed by atoms with Gasteiger partial charge in [0, 0.05) is 53.8 Å². The van der Waals surface area contributed by atoms with Crippen molar-refractivity contribution in [1.29, 1.82) is 0 Å². The first-order valence-corrected chi connectivity index (χ1v) is 21.1. The monoisotopic (exact) mass is 846 g/mol. The number of nitrogens with one attached hydrogen (secondary N) is 3. The predicted octanol–water partition coefficient (Wildman–Crippen LogP) is 6.16. The van der Waals surface area contributed by atoms with E-state index in [9.17, 15) is 19.2 Å². The molecule has 0 fully saturated rings. The van der Waals surface area contributed by atoms with Crippen LogP contribution in [-0.4, -0.2) is 71.8 Å². The Balaban J connectivity index is 0.000000154. The van der Waals surface area contributed by atoms with Crippen molar-refractivity contribution in [2.75, 3.05) is 30.0 Å². The largest absolute Gasteiger partial charge is 0.497 e. The highest BCUT2D eigenvalue weighted by Gasteiger charge is 2.40. The van der Waals surface area contributed by atoms with Crippen LogP contribution in [-0.2, 0) is 22.4 Å². The summed E-state index contributed by atoms with van der Waals surface area (Å²) in [5, 5.41) is 10.9. The van der Waals surface area contributed by atoms with Gasteiger partial charge in [-0.2, -0.15) is 0 Å². The molecule has 64 heavy (non-hydrogen) atoms. The Labute approximate surface area is 368 Å². The summed E-state index contributed by atoms with van der Waals surface area (Å²) in [4.78, 5) is 69.5. The van der Waals surface area contributed by atoms with Crippen LogP contribution in [0.4, 0.5) is 11.4 Å². The highest BCUT2D eigenvalue weighted by Crippen LogP contribution is 2.41. The molecule has 13 nitrogen and oxygen atoms in total. The van der Waals surface area contributed by atoms with E-state index in [4.69, 9.17) is 9.73 Å². The summed E-state index contributed by atoms with van der Waals surface area (Å²) in [5.74, 6) is -0.463. The van der Waals surface area contributed by atoms with Gasteiger partial charge in [-0.25, -0.2) is 4.99 Å². The van der Waals surface area contributed by atoms with Gasteiger partial charge in [-0.15, -0.1) is 0 Å². The quantitative estimate of drug-likeness (QED) is 0.172. The third kappa shape index (κ3) is 7.51. The van der Waals surface area contributed by atoms with Gasteiger partial charge in [0.1, 0.15) is 11.4 Å². The van der Waals surface area contributed by atoms with E-state index in [0.717, 1.165) is 56.4 Å². The van der Waals surface area contributed by atoms with Crippen LogP contribution in [0.15, 0.2) is 157 Å². The maximum absolute atomic E-state index is 13.6. The van der Waals surface area contributed by atoms with Crippen LogP contribution in [0.25, 0.3) is 10.8 Å². The molecule has 4 amide bonds. The van der Waals surface area contributed by atoms with E-state index in [1.54, 1.807) is 53.7 Å². The summed E-state index contributed by atoms with van der Waals surface area (Å²) in [6, 6.07) is 42.2. The number of para-hydroxylation sites is 1. The molecule has 13 heteroatoms. The summed E-state index contributed by atoms with van der Waals surface area (Å²) < 4.78 is 5.54. The summed E-state index contributed by atoms with van der Waals surface area (Å²) in [6.45, 7) is 1.14. The third-order valence-electron chi connectivity index (χ3n) is 12.0. The summed E-state index contributed by atoms with van der Waals surface area (Å²) in [7, 11) is 1.63. The molecule has 4 aliphatic heterocycles. The standard InChI is InChI=1S/C28H22N4O3.C23H20N4O2/c1-35-21-13-19-11-12-32-25(19)22(15-21)24(17-7-3-2-4-8-17)30-26(28(32)34)31-27(33)23-14-18-9-5-6-10-20(18)16-29-23;28-22(17-9-12-24-13-10-17)26-21-23(29)27-14-11-16-7-4-8-18(20(16)27)19(25-21)15-5-2-1-3-6-15/h2-10,13-16,26H,11-12H2,1H3,(H,31,33);1-10,12-13,19,21,25H,11,14H2,(H,26,28)/t26-;/m0./s1. The molecular formula is C51H42N8O5. The molecule has 0 bridgehead atoms. The molecule has 0 spiro atoms. The van der Waals surface area contributed by atoms with Gasteiger partial charge in [-0.05, 0) is 70.8 Å². The number of rotatable bonds is 7. The summed E-state index contributed by atoms with van der Waals surface area (Å²) in [5.41, 5.74) is 9.11. The number of carbonyl (C=O) groups excluding carboxylic acids is 4. The van der Waals surface area contributed by atoms with Crippen molar-refractivity contribution in [3.05, 3.63) is 197 Å². The lowest BCUT2D eigenvalue weighted by Gasteiger charge is -2.24. The average Bonchev–Trinajstić information content (AvgIpc) is 3.94. The molecule has 3 atom stereocenters. The minimum absolute atomic E-state index is 0.142. The fourth-order valence-corrected chi connectivity index (χ4v) is 8.93. The molecule has 0 saturated carbocycles.